The van der Waals surface area contributed by atoms with Gasteiger partial charge < -0.3 is 5.73 Å². The molecule has 2 aromatic rings. The van der Waals surface area contributed by atoms with Gasteiger partial charge in [-0.15, -0.1) is 0 Å². The Kier molecular flexibility index (Phi) is 4.97. The molecule has 100 valence electrons. The number of hydrogen-bond donors (Lipinski definition) is 1. The Morgan fingerprint density at radius 2 is 1.84 bits per heavy atom. The van der Waals surface area contributed by atoms with Crippen molar-refractivity contribution in [3.63, 3.8) is 0 Å². The predicted octanol–water partition coefficient (Wildman–Crippen LogP) is 4.53. The molecule has 0 aliphatic heterocycles. The zero-order valence-electron chi connectivity index (χ0n) is 10.2. The van der Waals surface area contributed by atoms with Gasteiger partial charge in [0, 0.05) is 15.4 Å². The van der Waals surface area contributed by atoms with Crippen molar-refractivity contribution in [3.8, 4) is 0 Å². The van der Waals surface area contributed by atoms with E-state index in [1.807, 2.05) is 24.3 Å². The average molecular weight is 343 g/mol. The Hall–Kier alpha value is -0.900. The van der Waals surface area contributed by atoms with Crippen molar-refractivity contribution in [2.75, 3.05) is 6.54 Å². The molecule has 0 amide bonds. The molecule has 0 bridgehead atoms. The lowest BCUT2D eigenvalue weighted by atomic mass is 9.92. The van der Waals surface area contributed by atoms with Crippen LogP contribution in [0.1, 0.15) is 17.0 Å². The largest absolute Gasteiger partial charge is 0.330 e. The summed E-state index contributed by atoms with van der Waals surface area (Å²) in [7, 11) is 0. The monoisotopic (exact) mass is 341 g/mol. The molecule has 1 atom stereocenters. The van der Waals surface area contributed by atoms with Gasteiger partial charge in [-0.1, -0.05) is 39.7 Å². The smallest absolute Gasteiger partial charge is 0.123 e. The van der Waals surface area contributed by atoms with Crippen LogP contribution in [-0.2, 0) is 6.42 Å². The van der Waals surface area contributed by atoms with Gasteiger partial charge >= 0.3 is 0 Å². The molecule has 0 saturated carbocycles. The van der Waals surface area contributed by atoms with Crippen molar-refractivity contribution in [1.29, 1.82) is 0 Å². The third-order valence-corrected chi connectivity index (χ3v) is 4.13. The standard InChI is InChI=1S/C15H14BrClFN/c16-15-6-5-14(18)8-11(15)7-12(9-19)10-1-3-13(17)4-2-10/h1-6,8,12H,7,9,19H2. The summed E-state index contributed by atoms with van der Waals surface area (Å²) in [4.78, 5) is 0. The highest BCUT2D eigenvalue weighted by atomic mass is 79.9. The van der Waals surface area contributed by atoms with Gasteiger partial charge in [-0.05, 0) is 54.4 Å². The van der Waals surface area contributed by atoms with Gasteiger partial charge in [-0.25, -0.2) is 4.39 Å². The molecule has 1 nitrogen and oxygen atoms in total. The van der Waals surface area contributed by atoms with E-state index in [4.69, 9.17) is 17.3 Å². The molecule has 2 N–H and O–H groups in total. The fourth-order valence-corrected chi connectivity index (χ4v) is 2.57. The molecule has 0 spiro atoms. The number of nitrogens with two attached hydrogens (primary N) is 1. The van der Waals surface area contributed by atoms with Crippen LogP contribution in [0.5, 0.6) is 0 Å². The fraction of sp³-hybridized carbons (Fsp3) is 0.200. The van der Waals surface area contributed by atoms with E-state index in [-0.39, 0.29) is 11.7 Å². The molecule has 0 saturated heterocycles. The summed E-state index contributed by atoms with van der Waals surface area (Å²) in [6.45, 7) is 0.505. The highest BCUT2D eigenvalue weighted by Gasteiger charge is 2.13. The second kappa shape index (κ2) is 6.51. The molecule has 0 aromatic heterocycles. The van der Waals surface area contributed by atoms with E-state index >= 15 is 0 Å². The summed E-state index contributed by atoms with van der Waals surface area (Å²) in [5.41, 5.74) is 7.87. The second-order valence-electron chi connectivity index (χ2n) is 4.42. The summed E-state index contributed by atoms with van der Waals surface area (Å²) in [5.74, 6) is -0.0829. The van der Waals surface area contributed by atoms with Crippen LogP contribution in [0, 0.1) is 5.82 Å². The fourth-order valence-electron chi connectivity index (χ4n) is 2.04. The zero-order valence-corrected chi connectivity index (χ0v) is 12.6. The van der Waals surface area contributed by atoms with E-state index in [9.17, 15) is 4.39 Å². The van der Waals surface area contributed by atoms with Crippen molar-refractivity contribution >= 4 is 27.5 Å². The van der Waals surface area contributed by atoms with Crippen LogP contribution in [0.15, 0.2) is 46.9 Å². The lowest BCUT2D eigenvalue weighted by Gasteiger charge is -2.16. The van der Waals surface area contributed by atoms with E-state index in [0.717, 1.165) is 15.6 Å². The lowest BCUT2D eigenvalue weighted by Crippen LogP contribution is -2.15. The Balaban J connectivity index is 2.23. The normalized spacial score (nSPS) is 12.4. The third-order valence-electron chi connectivity index (χ3n) is 3.10. The number of benzene rings is 2. The molecule has 0 aliphatic carbocycles. The van der Waals surface area contributed by atoms with Crippen molar-refractivity contribution in [3.05, 3.63) is 68.9 Å². The van der Waals surface area contributed by atoms with Gasteiger partial charge in [-0.3, -0.25) is 0 Å². The summed E-state index contributed by atoms with van der Waals surface area (Å²) in [5, 5.41) is 0.700. The Morgan fingerprint density at radius 3 is 2.47 bits per heavy atom. The molecule has 0 radical (unpaired) electrons. The molecular formula is C15H14BrClFN. The molecule has 19 heavy (non-hydrogen) atoms. The topological polar surface area (TPSA) is 26.0 Å². The molecule has 4 heteroatoms. The van der Waals surface area contributed by atoms with Gasteiger partial charge in [0.05, 0.1) is 0 Å². The minimum absolute atomic E-state index is 0.148. The third kappa shape index (κ3) is 3.78. The SMILES string of the molecule is NCC(Cc1cc(F)ccc1Br)c1ccc(Cl)cc1. The summed E-state index contributed by atoms with van der Waals surface area (Å²) in [6.07, 6.45) is 0.691. The number of rotatable bonds is 4. The Bertz CT molecular complexity index is 557. The quantitative estimate of drug-likeness (QED) is 0.868. The Morgan fingerprint density at radius 1 is 1.16 bits per heavy atom. The van der Waals surface area contributed by atoms with Gasteiger partial charge in [0.1, 0.15) is 5.82 Å². The maximum absolute atomic E-state index is 13.3. The van der Waals surface area contributed by atoms with E-state index in [1.54, 1.807) is 12.1 Å². The summed E-state index contributed by atoms with van der Waals surface area (Å²) >= 11 is 9.32. The minimum Gasteiger partial charge on any atom is -0.330 e. The van der Waals surface area contributed by atoms with Crippen LogP contribution in [-0.4, -0.2) is 6.54 Å². The van der Waals surface area contributed by atoms with Crippen molar-refractivity contribution < 1.29 is 4.39 Å². The molecule has 2 aromatic carbocycles. The van der Waals surface area contributed by atoms with Crippen LogP contribution < -0.4 is 5.73 Å². The van der Waals surface area contributed by atoms with Crippen LogP contribution in [0.25, 0.3) is 0 Å². The molecule has 1 unspecified atom stereocenters. The first-order chi connectivity index (χ1) is 9.10. The van der Waals surface area contributed by atoms with Crippen LogP contribution in [0.4, 0.5) is 4.39 Å². The van der Waals surface area contributed by atoms with Crippen LogP contribution in [0.2, 0.25) is 5.02 Å². The Labute approximate surface area is 125 Å². The van der Waals surface area contributed by atoms with E-state index in [1.165, 1.54) is 6.07 Å². The lowest BCUT2D eigenvalue weighted by molar-refractivity contribution is 0.620. The van der Waals surface area contributed by atoms with Gasteiger partial charge in [0.15, 0.2) is 0 Å². The van der Waals surface area contributed by atoms with Gasteiger partial charge in [0.2, 0.25) is 0 Å². The average Bonchev–Trinajstić information content (AvgIpc) is 2.41. The molecule has 0 aliphatic rings. The van der Waals surface area contributed by atoms with Crippen molar-refractivity contribution in [2.45, 2.75) is 12.3 Å². The maximum atomic E-state index is 13.3. The zero-order chi connectivity index (χ0) is 13.8. The van der Waals surface area contributed by atoms with E-state index < -0.39 is 0 Å². The molecular weight excluding hydrogens is 329 g/mol. The van der Waals surface area contributed by atoms with Crippen molar-refractivity contribution in [1.82, 2.24) is 0 Å². The van der Waals surface area contributed by atoms with Crippen LogP contribution >= 0.6 is 27.5 Å². The first-order valence-corrected chi connectivity index (χ1v) is 7.16. The summed E-state index contributed by atoms with van der Waals surface area (Å²) in [6, 6.07) is 12.3. The van der Waals surface area contributed by atoms with E-state index in [0.29, 0.717) is 18.0 Å². The molecule has 0 fully saturated rings. The second-order valence-corrected chi connectivity index (χ2v) is 5.71. The highest BCUT2D eigenvalue weighted by Crippen LogP contribution is 2.26. The predicted molar refractivity (Wildman–Crippen MR) is 81.1 cm³/mol. The highest BCUT2D eigenvalue weighted by molar-refractivity contribution is 9.10. The first-order valence-electron chi connectivity index (χ1n) is 5.99. The maximum Gasteiger partial charge on any atom is 0.123 e. The van der Waals surface area contributed by atoms with Crippen molar-refractivity contribution in [2.24, 2.45) is 5.73 Å². The van der Waals surface area contributed by atoms with Gasteiger partial charge in [-0.2, -0.15) is 0 Å². The molecule has 2 rings (SSSR count). The number of halogens is 3. The van der Waals surface area contributed by atoms with Crippen LogP contribution in [0.3, 0.4) is 0 Å². The minimum atomic E-state index is -0.231. The summed E-state index contributed by atoms with van der Waals surface area (Å²) < 4.78 is 14.2. The van der Waals surface area contributed by atoms with E-state index in [2.05, 4.69) is 15.9 Å². The first kappa shape index (κ1) is 14.5. The van der Waals surface area contributed by atoms with Gasteiger partial charge in [0.25, 0.3) is 0 Å². The molecule has 0 heterocycles. The number of hydrogen-bond acceptors (Lipinski definition) is 1.